The molecule has 0 radical (unpaired) electrons. The number of aromatic nitrogens is 4. The van der Waals surface area contributed by atoms with Crippen molar-refractivity contribution in [1.29, 1.82) is 0 Å². The van der Waals surface area contributed by atoms with Crippen molar-refractivity contribution in [1.82, 2.24) is 24.6 Å². The van der Waals surface area contributed by atoms with Gasteiger partial charge in [0.1, 0.15) is 0 Å². The average Bonchev–Trinajstić information content (AvgIpc) is 3.38. The number of aryl methyl sites for hydroxylation is 1. The summed E-state index contributed by atoms with van der Waals surface area (Å²) in [6.45, 7) is 4.93. The lowest BCUT2D eigenvalue weighted by Crippen LogP contribution is -2.30. The summed E-state index contributed by atoms with van der Waals surface area (Å²) in [6.07, 6.45) is 3.78. The first-order valence-corrected chi connectivity index (χ1v) is 12.1. The molecule has 1 aliphatic heterocycles. The first-order chi connectivity index (χ1) is 15.7. The Morgan fingerprint density at radius 2 is 1.75 bits per heavy atom. The maximum Gasteiger partial charge on any atom is 0.196 e. The van der Waals surface area contributed by atoms with E-state index in [-0.39, 0.29) is 5.78 Å². The van der Waals surface area contributed by atoms with Gasteiger partial charge < -0.3 is 4.98 Å². The molecule has 1 fully saturated rings. The standard InChI is InChI=1S/C25H27N5OS/c1-18-24(20-12-6-7-13-21(20)26-18)22(31)17-32-25-28-27-23(16-29-14-8-3-9-15-29)30(25)19-10-4-2-5-11-19/h2,4-7,10-13,26H,3,8-9,14-17H2,1H3. The number of nitrogens with zero attached hydrogens (tertiary/aromatic N) is 4. The number of benzene rings is 2. The third-order valence-electron chi connectivity index (χ3n) is 6.03. The van der Waals surface area contributed by atoms with Crippen molar-refractivity contribution >= 4 is 28.4 Å². The summed E-state index contributed by atoms with van der Waals surface area (Å²) in [5.41, 5.74) is 3.71. The maximum atomic E-state index is 13.2. The zero-order valence-corrected chi connectivity index (χ0v) is 19.1. The minimum Gasteiger partial charge on any atom is -0.358 e. The third-order valence-corrected chi connectivity index (χ3v) is 6.96. The van der Waals surface area contributed by atoms with Crippen molar-refractivity contribution in [2.24, 2.45) is 0 Å². The van der Waals surface area contributed by atoms with Gasteiger partial charge in [-0.1, -0.05) is 54.6 Å². The number of likely N-dealkylation sites (tertiary alicyclic amines) is 1. The number of hydrogen-bond donors (Lipinski definition) is 1. The number of piperidine rings is 1. The van der Waals surface area contributed by atoms with Crippen LogP contribution in [0.25, 0.3) is 16.6 Å². The van der Waals surface area contributed by atoms with E-state index in [4.69, 9.17) is 0 Å². The Kier molecular flexibility index (Phi) is 6.10. The predicted octanol–water partition coefficient (Wildman–Crippen LogP) is 5.02. The van der Waals surface area contributed by atoms with Gasteiger partial charge in [-0.05, 0) is 51.1 Å². The Morgan fingerprint density at radius 3 is 2.56 bits per heavy atom. The molecule has 3 heterocycles. The number of Topliss-reactive ketones (excluding diaryl/α,β-unsaturated/α-hetero) is 1. The summed E-state index contributed by atoms with van der Waals surface area (Å²) >= 11 is 1.46. The maximum absolute atomic E-state index is 13.2. The van der Waals surface area contributed by atoms with Gasteiger partial charge in [-0.15, -0.1) is 10.2 Å². The van der Waals surface area contributed by atoms with E-state index in [1.807, 2.05) is 49.4 Å². The zero-order valence-electron chi connectivity index (χ0n) is 18.3. The highest BCUT2D eigenvalue weighted by Gasteiger charge is 2.21. The van der Waals surface area contributed by atoms with Crippen molar-refractivity contribution in [3.8, 4) is 5.69 Å². The summed E-state index contributed by atoms with van der Waals surface area (Å²) < 4.78 is 2.11. The number of thioether (sulfide) groups is 1. The van der Waals surface area contributed by atoms with E-state index in [9.17, 15) is 4.79 Å². The summed E-state index contributed by atoms with van der Waals surface area (Å²) in [5, 5.41) is 10.7. The smallest absolute Gasteiger partial charge is 0.196 e. The van der Waals surface area contributed by atoms with Gasteiger partial charge in [-0.2, -0.15) is 0 Å². The number of H-pyrrole nitrogens is 1. The topological polar surface area (TPSA) is 66.8 Å². The number of fused-ring (bicyclic) bond motifs is 1. The summed E-state index contributed by atoms with van der Waals surface area (Å²) in [7, 11) is 0. The summed E-state index contributed by atoms with van der Waals surface area (Å²) in [5.74, 6) is 1.35. The number of aromatic amines is 1. The van der Waals surface area contributed by atoms with E-state index < -0.39 is 0 Å². The Morgan fingerprint density at radius 1 is 1.00 bits per heavy atom. The fourth-order valence-electron chi connectivity index (χ4n) is 4.49. The number of carbonyl (C=O) groups excluding carboxylic acids is 1. The number of para-hydroxylation sites is 2. The van der Waals surface area contributed by atoms with Crippen LogP contribution in [0.2, 0.25) is 0 Å². The molecule has 0 unspecified atom stereocenters. The molecule has 7 heteroatoms. The zero-order chi connectivity index (χ0) is 21.9. The van der Waals surface area contributed by atoms with Crippen LogP contribution in [0.15, 0.2) is 59.8 Å². The van der Waals surface area contributed by atoms with Gasteiger partial charge in [0.15, 0.2) is 16.8 Å². The number of ketones is 1. The largest absolute Gasteiger partial charge is 0.358 e. The monoisotopic (exact) mass is 445 g/mol. The van der Waals surface area contributed by atoms with Crippen molar-refractivity contribution in [3.05, 3.63) is 71.7 Å². The van der Waals surface area contributed by atoms with Crippen LogP contribution in [0.4, 0.5) is 0 Å². The van der Waals surface area contributed by atoms with Crippen LogP contribution >= 0.6 is 11.8 Å². The van der Waals surface area contributed by atoms with Gasteiger partial charge in [0.05, 0.1) is 12.3 Å². The third kappa shape index (κ3) is 4.23. The molecule has 164 valence electrons. The first-order valence-electron chi connectivity index (χ1n) is 11.2. The predicted molar refractivity (Wildman–Crippen MR) is 129 cm³/mol. The molecule has 1 saturated heterocycles. The Bertz CT molecular complexity index is 1220. The number of rotatable bonds is 7. The van der Waals surface area contributed by atoms with Crippen LogP contribution in [0.3, 0.4) is 0 Å². The van der Waals surface area contributed by atoms with E-state index in [1.165, 1.54) is 31.0 Å². The number of hydrogen-bond acceptors (Lipinski definition) is 5. The lowest BCUT2D eigenvalue weighted by Gasteiger charge is -2.26. The normalized spacial score (nSPS) is 14.8. The van der Waals surface area contributed by atoms with E-state index in [0.717, 1.165) is 58.5 Å². The van der Waals surface area contributed by atoms with Crippen LogP contribution in [0.1, 0.15) is 41.1 Å². The number of carbonyl (C=O) groups is 1. The van der Waals surface area contributed by atoms with Crippen LogP contribution in [0, 0.1) is 6.92 Å². The van der Waals surface area contributed by atoms with Crippen molar-refractivity contribution in [3.63, 3.8) is 0 Å². The van der Waals surface area contributed by atoms with Gasteiger partial charge >= 0.3 is 0 Å². The van der Waals surface area contributed by atoms with Gasteiger partial charge in [-0.3, -0.25) is 14.3 Å². The van der Waals surface area contributed by atoms with Crippen molar-refractivity contribution in [2.45, 2.75) is 37.9 Å². The molecular formula is C25H27N5OS. The number of nitrogens with one attached hydrogen (secondary N) is 1. The second-order valence-electron chi connectivity index (χ2n) is 8.29. The molecule has 0 atom stereocenters. The van der Waals surface area contributed by atoms with Gasteiger partial charge in [0.2, 0.25) is 0 Å². The second-order valence-corrected chi connectivity index (χ2v) is 9.23. The van der Waals surface area contributed by atoms with Gasteiger partial charge in [0.25, 0.3) is 0 Å². The highest BCUT2D eigenvalue weighted by atomic mass is 32.2. The average molecular weight is 446 g/mol. The van der Waals surface area contributed by atoms with E-state index in [0.29, 0.717) is 5.75 Å². The van der Waals surface area contributed by atoms with Crippen LogP contribution in [-0.2, 0) is 6.54 Å². The van der Waals surface area contributed by atoms with Crippen LogP contribution in [0.5, 0.6) is 0 Å². The van der Waals surface area contributed by atoms with Crippen molar-refractivity contribution < 1.29 is 4.79 Å². The fourth-order valence-corrected chi connectivity index (χ4v) is 5.33. The molecule has 0 amide bonds. The first kappa shape index (κ1) is 21.0. The lowest BCUT2D eigenvalue weighted by atomic mass is 10.1. The Hall–Kier alpha value is -2.90. The molecule has 0 saturated carbocycles. The van der Waals surface area contributed by atoms with Crippen LogP contribution in [-0.4, -0.2) is 49.3 Å². The molecule has 1 N–H and O–H groups in total. The van der Waals surface area contributed by atoms with E-state index >= 15 is 0 Å². The molecule has 4 aromatic rings. The highest BCUT2D eigenvalue weighted by Crippen LogP contribution is 2.27. The molecule has 6 nitrogen and oxygen atoms in total. The second kappa shape index (κ2) is 9.30. The van der Waals surface area contributed by atoms with Gasteiger partial charge in [0, 0.05) is 27.8 Å². The minimum absolute atomic E-state index is 0.102. The molecule has 0 bridgehead atoms. The SMILES string of the molecule is Cc1[nH]c2ccccc2c1C(=O)CSc1nnc(CN2CCCCC2)n1-c1ccccc1. The highest BCUT2D eigenvalue weighted by molar-refractivity contribution is 7.99. The molecular weight excluding hydrogens is 418 g/mol. The molecule has 0 aliphatic carbocycles. The summed E-state index contributed by atoms with van der Waals surface area (Å²) in [4.78, 5) is 18.9. The van der Waals surface area contributed by atoms with E-state index in [2.05, 4.69) is 36.8 Å². The van der Waals surface area contributed by atoms with Crippen molar-refractivity contribution in [2.75, 3.05) is 18.8 Å². The molecule has 32 heavy (non-hydrogen) atoms. The molecule has 2 aromatic heterocycles. The van der Waals surface area contributed by atoms with E-state index in [1.54, 1.807) is 0 Å². The molecule has 2 aromatic carbocycles. The fraction of sp³-hybridized carbons (Fsp3) is 0.320. The Balaban J connectivity index is 1.40. The quantitative estimate of drug-likeness (QED) is 0.320. The molecule has 5 rings (SSSR count). The summed E-state index contributed by atoms with van der Waals surface area (Å²) in [6, 6.07) is 18.1. The van der Waals surface area contributed by atoms with Crippen LogP contribution < -0.4 is 0 Å². The lowest BCUT2D eigenvalue weighted by molar-refractivity contribution is 0.102. The Labute approximate surface area is 192 Å². The molecule has 1 aliphatic rings. The van der Waals surface area contributed by atoms with Gasteiger partial charge in [-0.25, -0.2) is 0 Å². The molecule has 0 spiro atoms. The minimum atomic E-state index is 0.102.